The first kappa shape index (κ1) is 20.2. The lowest BCUT2D eigenvalue weighted by Crippen LogP contribution is -2.30. The minimum atomic E-state index is -0.509. The van der Waals surface area contributed by atoms with Gasteiger partial charge in [-0.2, -0.15) is 0 Å². The van der Waals surface area contributed by atoms with Crippen LogP contribution in [0.25, 0.3) is 0 Å². The van der Waals surface area contributed by atoms with Crippen LogP contribution in [-0.2, 0) is 4.74 Å². The van der Waals surface area contributed by atoms with Crippen LogP contribution in [-0.4, -0.2) is 42.2 Å². The second-order valence-corrected chi connectivity index (χ2v) is 7.33. The molecule has 0 amide bonds. The predicted octanol–water partition coefficient (Wildman–Crippen LogP) is 4.42. The second-order valence-electron chi connectivity index (χ2n) is 7.33. The van der Waals surface area contributed by atoms with E-state index in [-0.39, 0.29) is 17.2 Å². The highest BCUT2D eigenvalue weighted by Crippen LogP contribution is 2.31. The number of para-hydroxylation sites is 1. The molecule has 1 fully saturated rings. The zero-order valence-electron chi connectivity index (χ0n) is 16.6. The highest BCUT2D eigenvalue weighted by molar-refractivity contribution is 5.92. The number of hydrogen-bond donors (Lipinski definition) is 1. The minimum Gasteiger partial charge on any atom is -0.507 e. The average Bonchev–Trinajstić information content (AvgIpc) is 3.20. The monoisotopic (exact) mass is 383 g/mol. The summed E-state index contributed by atoms with van der Waals surface area (Å²) in [5.74, 6) is 0.338. The summed E-state index contributed by atoms with van der Waals surface area (Å²) < 4.78 is 11.4. The number of hydrogen-bond acceptors (Lipinski definition) is 5. The van der Waals surface area contributed by atoms with Crippen molar-refractivity contribution in [2.24, 2.45) is 5.92 Å². The van der Waals surface area contributed by atoms with Crippen molar-refractivity contribution in [1.82, 2.24) is 4.90 Å². The number of phenolic OH excluding ortho intramolecular Hbond substituents is 1. The summed E-state index contributed by atoms with van der Waals surface area (Å²) in [6, 6.07) is 14.2. The molecule has 0 unspecified atom stereocenters. The molecule has 2 aromatic carbocycles. The van der Waals surface area contributed by atoms with Crippen LogP contribution >= 0.6 is 0 Å². The molecule has 1 aliphatic rings. The molecule has 0 spiro atoms. The molecule has 2 aromatic rings. The molecule has 28 heavy (non-hydrogen) atoms. The normalized spacial score (nSPS) is 16.5. The minimum absolute atomic E-state index is 0.0647. The standard InChI is InChI=1S/C23H29NO4/c1-3-27-19-12-10-18(11-13-19)22(17(2)16-24-14-6-7-15-24)28-23(26)20-8-4-5-9-21(20)25/h4-5,8-13,17,22,25H,3,6-7,14-16H2,1-2H3/t17-,22+/m1/s1. The Hall–Kier alpha value is -2.53. The van der Waals surface area contributed by atoms with Crippen molar-refractivity contribution in [3.05, 3.63) is 59.7 Å². The van der Waals surface area contributed by atoms with Gasteiger partial charge in [-0.3, -0.25) is 0 Å². The van der Waals surface area contributed by atoms with Gasteiger partial charge in [-0.05, 0) is 62.7 Å². The van der Waals surface area contributed by atoms with E-state index in [9.17, 15) is 9.90 Å². The number of aromatic hydroxyl groups is 1. The van der Waals surface area contributed by atoms with Crippen molar-refractivity contribution < 1.29 is 19.4 Å². The first-order chi connectivity index (χ1) is 13.6. The number of carbonyl (C=O) groups is 1. The van der Waals surface area contributed by atoms with Crippen molar-refractivity contribution in [3.8, 4) is 11.5 Å². The lowest BCUT2D eigenvalue weighted by Gasteiger charge is -2.28. The van der Waals surface area contributed by atoms with Crippen LogP contribution in [0.5, 0.6) is 11.5 Å². The van der Waals surface area contributed by atoms with Gasteiger partial charge < -0.3 is 19.5 Å². The Morgan fingerprint density at radius 3 is 2.43 bits per heavy atom. The summed E-state index contributed by atoms with van der Waals surface area (Å²) in [6.45, 7) is 7.71. The third kappa shape index (κ3) is 5.04. The van der Waals surface area contributed by atoms with Crippen LogP contribution < -0.4 is 4.74 Å². The van der Waals surface area contributed by atoms with Crippen LogP contribution in [0.4, 0.5) is 0 Å². The molecular formula is C23H29NO4. The SMILES string of the molecule is CCOc1ccc([C@@H](OC(=O)c2ccccc2O)[C@H](C)CN2CCCC2)cc1. The summed E-state index contributed by atoms with van der Waals surface area (Å²) in [6.07, 6.45) is 2.04. The molecule has 0 aliphatic carbocycles. The van der Waals surface area contributed by atoms with Gasteiger partial charge in [-0.25, -0.2) is 4.79 Å². The molecule has 1 heterocycles. The first-order valence-electron chi connectivity index (χ1n) is 10.0. The summed E-state index contributed by atoms with van der Waals surface area (Å²) in [5.41, 5.74) is 1.12. The zero-order chi connectivity index (χ0) is 19.9. The molecule has 2 atom stereocenters. The van der Waals surface area contributed by atoms with Gasteiger partial charge in [0.25, 0.3) is 0 Å². The van der Waals surface area contributed by atoms with Crippen LogP contribution in [0.1, 0.15) is 48.7 Å². The van der Waals surface area contributed by atoms with E-state index in [0.29, 0.717) is 6.61 Å². The number of esters is 1. The highest BCUT2D eigenvalue weighted by atomic mass is 16.5. The van der Waals surface area contributed by atoms with E-state index in [1.807, 2.05) is 31.2 Å². The molecule has 3 rings (SSSR count). The Bertz CT molecular complexity index is 768. The smallest absolute Gasteiger partial charge is 0.342 e. The largest absolute Gasteiger partial charge is 0.507 e. The quantitative estimate of drug-likeness (QED) is 0.684. The van der Waals surface area contributed by atoms with Crippen molar-refractivity contribution in [1.29, 1.82) is 0 Å². The molecule has 150 valence electrons. The summed E-state index contributed by atoms with van der Waals surface area (Å²) >= 11 is 0. The van der Waals surface area contributed by atoms with Crippen LogP contribution in [0, 0.1) is 5.92 Å². The van der Waals surface area contributed by atoms with E-state index in [1.165, 1.54) is 18.9 Å². The number of rotatable bonds is 8. The fraction of sp³-hybridized carbons (Fsp3) is 0.435. The number of nitrogens with zero attached hydrogens (tertiary/aromatic N) is 1. The summed E-state index contributed by atoms with van der Waals surface area (Å²) in [7, 11) is 0. The average molecular weight is 383 g/mol. The van der Waals surface area contributed by atoms with Gasteiger partial charge in [0.15, 0.2) is 0 Å². The number of likely N-dealkylation sites (tertiary alicyclic amines) is 1. The van der Waals surface area contributed by atoms with Crippen molar-refractivity contribution in [2.45, 2.75) is 32.8 Å². The summed E-state index contributed by atoms with van der Waals surface area (Å²) in [4.78, 5) is 15.2. The second kappa shape index (κ2) is 9.60. The van der Waals surface area contributed by atoms with Crippen molar-refractivity contribution >= 4 is 5.97 Å². The molecule has 0 bridgehead atoms. The number of benzene rings is 2. The van der Waals surface area contributed by atoms with Crippen molar-refractivity contribution in [3.63, 3.8) is 0 Å². The van der Waals surface area contributed by atoms with E-state index in [2.05, 4.69) is 11.8 Å². The maximum Gasteiger partial charge on any atom is 0.342 e. The molecule has 0 aromatic heterocycles. The van der Waals surface area contributed by atoms with Gasteiger partial charge >= 0.3 is 5.97 Å². The zero-order valence-corrected chi connectivity index (χ0v) is 16.6. The first-order valence-corrected chi connectivity index (χ1v) is 10.0. The number of carbonyl (C=O) groups excluding carboxylic acids is 1. The van der Waals surface area contributed by atoms with Gasteiger partial charge in [0, 0.05) is 12.5 Å². The fourth-order valence-electron chi connectivity index (χ4n) is 3.73. The molecule has 1 saturated heterocycles. The topological polar surface area (TPSA) is 59.0 Å². The van der Waals surface area contributed by atoms with E-state index >= 15 is 0 Å². The molecule has 1 aliphatic heterocycles. The molecule has 0 saturated carbocycles. The van der Waals surface area contributed by atoms with Crippen molar-refractivity contribution in [2.75, 3.05) is 26.2 Å². The lowest BCUT2D eigenvalue weighted by atomic mass is 9.96. The Labute approximate surface area is 166 Å². The Morgan fingerprint density at radius 2 is 1.79 bits per heavy atom. The molecule has 5 heteroatoms. The molecule has 0 radical (unpaired) electrons. The molecular weight excluding hydrogens is 354 g/mol. The third-order valence-corrected chi connectivity index (χ3v) is 5.14. The van der Waals surface area contributed by atoms with Crippen LogP contribution in [0.3, 0.4) is 0 Å². The number of ether oxygens (including phenoxy) is 2. The maximum atomic E-state index is 12.7. The van der Waals surface area contributed by atoms with E-state index in [0.717, 1.165) is 30.9 Å². The predicted molar refractivity (Wildman–Crippen MR) is 109 cm³/mol. The third-order valence-electron chi connectivity index (χ3n) is 5.14. The van der Waals surface area contributed by atoms with Gasteiger partial charge in [-0.1, -0.05) is 31.2 Å². The molecule has 5 nitrogen and oxygen atoms in total. The Balaban J connectivity index is 1.80. The highest BCUT2D eigenvalue weighted by Gasteiger charge is 2.27. The van der Waals surface area contributed by atoms with Crippen LogP contribution in [0.2, 0.25) is 0 Å². The van der Waals surface area contributed by atoms with Crippen LogP contribution in [0.15, 0.2) is 48.5 Å². The Morgan fingerprint density at radius 1 is 1.11 bits per heavy atom. The van der Waals surface area contributed by atoms with Gasteiger partial charge in [-0.15, -0.1) is 0 Å². The van der Waals surface area contributed by atoms with Gasteiger partial charge in [0.1, 0.15) is 23.2 Å². The van der Waals surface area contributed by atoms with E-state index in [4.69, 9.17) is 9.47 Å². The summed E-state index contributed by atoms with van der Waals surface area (Å²) in [5, 5.41) is 10.0. The fourth-order valence-corrected chi connectivity index (χ4v) is 3.73. The Kier molecular flexibility index (Phi) is 6.93. The maximum absolute atomic E-state index is 12.7. The van der Waals surface area contributed by atoms with Gasteiger partial charge in [0.2, 0.25) is 0 Å². The molecule has 1 N–H and O–H groups in total. The van der Waals surface area contributed by atoms with E-state index < -0.39 is 12.1 Å². The number of phenols is 1. The van der Waals surface area contributed by atoms with Gasteiger partial charge in [0.05, 0.1) is 6.61 Å². The lowest BCUT2D eigenvalue weighted by molar-refractivity contribution is 0.0106. The van der Waals surface area contributed by atoms with E-state index in [1.54, 1.807) is 18.2 Å².